The Morgan fingerprint density at radius 2 is 1.85 bits per heavy atom. The largest absolute Gasteiger partial charge is 0.330 e. The van der Waals surface area contributed by atoms with E-state index in [-0.39, 0.29) is 5.56 Å². The molecule has 1 aromatic heterocycles. The van der Waals surface area contributed by atoms with Gasteiger partial charge in [0.2, 0.25) is 5.13 Å². The number of hydrazone groups is 1. The SMILES string of the molecule is Cc1cccc2sc(N3N=C(c4cc(F)ccc4F)SC3(CCCN)c3ccccc3)nc12. The van der Waals surface area contributed by atoms with Crippen LogP contribution in [-0.2, 0) is 4.87 Å². The topological polar surface area (TPSA) is 54.5 Å². The van der Waals surface area contributed by atoms with Gasteiger partial charge in [-0.05, 0) is 61.7 Å². The summed E-state index contributed by atoms with van der Waals surface area (Å²) in [5, 5.41) is 7.86. The number of para-hydroxylation sites is 1. The Labute approximate surface area is 199 Å². The van der Waals surface area contributed by atoms with Gasteiger partial charge in [0.15, 0.2) is 0 Å². The van der Waals surface area contributed by atoms with E-state index in [1.54, 1.807) is 0 Å². The average Bonchev–Trinajstić information content (AvgIpc) is 3.43. The number of anilines is 1. The first-order chi connectivity index (χ1) is 16.0. The fourth-order valence-corrected chi connectivity index (χ4v) is 6.60. The molecule has 1 aliphatic heterocycles. The predicted molar refractivity (Wildman–Crippen MR) is 134 cm³/mol. The fraction of sp³-hybridized carbons (Fsp3) is 0.200. The number of benzene rings is 3. The van der Waals surface area contributed by atoms with Crippen LogP contribution >= 0.6 is 23.1 Å². The molecule has 4 aromatic rings. The Morgan fingerprint density at radius 1 is 1.03 bits per heavy atom. The summed E-state index contributed by atoms with van der Waals surface area (Å²) in [6, 6.07) is 19.5. The van der Waals surface area contributed by atoms with Crippen LogP contribution in [0.15, 0.2) is 71.8 Å². The minimum atomic E-state index is -0.684. The molecule has 1 unspecified atom stereocenters. The van der Waals surface area contributed by atoms with Crippen molar-refractivity contribution in [2.45, 2.75) is 24.6 Å². The Bertz CT molecular complexity index is 1340. The van der Waals surface area contributed by atoms with Crippen LogP contribution in [0.25, 0.3) is 10.2 Å². The molecule has 0 saturated carbocycles. The van der Waals surface area contributed by atoms with Crippen molar-refractivity contribution in [3.63, 3.8) is 0 Å². The minimum absolute atomic E-state index is 0.146. The molecule has 2 N–H and O–H groups in total. The zero-order chi connectivity index (χ0) is 23.0. The summed E-state index contributed by atoms with van der Waals surface area (Å²) in [5.74, 6) is -1.01. The van der Waals surface area contributed by atoms with E-state index in [9.17, 15) is 8.78 Å². The highest BCUT2D eigenvalue weighted by atomic mass is 32.2. The lowest BCUT2D eigenvalue weighted by Crippen LogP contribution is -2.38. The third-order valence-corrected chi connectivity index (χ3v) is 8.13. The van der Waals surface area contributed by atoms with E-state index in [1.165, 1.54) is 29.2 Å². The van der Waals surface area contributed by atoms with Crippen LogP contribution < -0.4 is 10.7 Å². The number of thiazole rings is 1. The van der Waals surface area contributed by atoms with Gasteiger partial charge in [-0.15, -0.1) is 0 Å². The van der Waals surface area contributed by atoms with E-state index in [0.717, 1.165) is 39.9 Å². The molecule has 33 heavy (non-hydrogen) atoms. The van der Waals surface area contributed by atoms with Crippen LogP contribution in [0.5, 0.6) is 0 Å². The molecule has 0 amide bonds. The maximum Gasteiger partial charge on any atom is 0.208 e. The molecule has 5 rings (SSSR count). The Kier molecular flexibility index (Phi) is 5.90. The second-order valence-electron chi connectivity index (χ2n) is 7.90. The van der Waals surface area contributed by atoms with E-state index < -0.39 is 16.5 Å². The lowest BCUT2D eigenvalue weighted by molar-refractivity contribution is 0.527. The first kappa shape index (κ1) is 22.0. The number of hydrogen-bond donors (Lipinski definition) is 1. The zero-order valence-corrected chi connectivity index (χ0v) is 19.6. The fourth-order valence-electron chi connectivity index (χ4n) is 4.05. The van der Waals surface area contributed by atoms with Crippen molar-refractivity contribution in [1.82, 2.24) is 4.98 Å². The molecule has 0 saturated heterocycles. The highest BCUT2D eigenvalue weighted by molar-refractivity contribution is 8.15. The third kappa shape index (κ3) is 3.92. The van der Waals surface area contributed by atoms with Gasteiger partial charge < -0.3 is 5.73 Å². The molecule has 0 bridgehead atoms. The first-order valence-corrected chi connectivity index (χ1v) is 12.3. The lowest BCUT2D eigenvalue weighted by Gasteiger charge is -2.35. The lowest BCUT2D eigenvalue weighted by atomic mass is 10.0. The van der Waals surface area contributed by atoms with E-state index in [2.05, 4.69) is 0 Å². The molecule has 0 aliphatic carbocycles. The molecule has 1 aliphatic rings. The van der Waals surface area contributed by atoms with Crippen molar-refractivity contribution in [3.8, 4) is 0 Å². The van der Waals surface area contributed by atoms with Crippen molar-refractivity contribution in [3.05, 3.63) is 95.1 Å². The number of nitrogens with zero attached hydrogens (tertiary/aromatic N) is 3. The van der Waals surface area contributed by atoms with Crippen LogP contribution in [0.2, 0.25) is 0 Å². The van der Waals surface area contributed by atoms with Gasteiger partial charge in [-0.25, -0.2) is 18.8 Å². The van der Waals surface area contributed by atoms with Crippen molar-refractivity contribution in [2.24, 2.45) is 10.8 Å². The summed E-state index contributed by atoms with van der Waals surface area (Å²) in [6.07, 6.45) is 1.40. The maximum atomic E-state index is 14.8. The molecule has 8 heteroatoms. The summed E-state index contributed by atoms with van der Waals surface area (Å²) in [4.78, 5) is 4.23. The predicted octanol–water partition coefficient (Wildman–Crippen LogP) is 6.39. The van der Waals surface area contributed by atoms with Gasteiger partial charge in [0.1, 0.15) is 21.5 Å². The normalized spacial score (nSPS) is 18.2. The third-order valence-electron chi connectivity index (χ3n) is 5.69. The standard InChI is InChI=1S/C25H22F2N4S2/c1-16-7-5-10-21-22(16)29-24(32-21)31-25(13-6-14-28,17-8-3-2-4-9-17)33-23(30-31)19-15-18(26)11-12-20(19)27/h2-5,7-12,15H,6,13-14,28H2,1H3. The van der Waals surface area contributed by atoms with Crippen LogP contribution in [0.3, 0.4) is 0 Å². The van der Waals surface area contributed by atoms with Gasteiger partial charge in [-0.1, -0.05) is 65.6 Å². The molecular weight excluding hydrogens is 458 g/mol. The number of rotatable bonds is 6. The second kappa shape index (κ2) is 8.85. The minimum Gasteiger partial charge on any atom is -0.330 e. The molecular formula is C25H22F2N4S2. The molecule has 4 nitrogen and oxygen atoms in total. The number of aromatic nitrogens is 1. The van der Waals surface area contributed by atoms with Gasteiger partial charge in [-0.2, -0.15) is 5.10 Å². The molecule has 3 aromatic carbocycles. The van der Waals surface area contributed by atoms with Crippen LogP contribution in [0, 0.1) is 18.6 Å². The van der Waals surface area contributed by atoms with E-state index >= 15 is 0 Å². The summed E-state index contributed by atoms with van der Waals surface area (Å²) < 4.78 is 29.9. The van der Waals surface area contributed by atoms with Gasteiger partial charge >= 0.3 is 0 Å². The van der Waals surface area contributed by atoms with E-state index in [4.69, 9.17) is 15.8 Å². The highest BCUT2D eigenvalue weighted by Gasteiger charge is 2.47. The number of aryl methyl sites for hydroxylation is 1. The summed E-state index contributed by atoms with van der Waals surface area (Å²) >= 11 is 2.96. The molecule has 0 radical (unpaired) electrons. The Hall–Kier alpha value is -2.81. The summed E-state index contributed by atoms with van der Waals surface area (Å²) in [5.41, 5.74) is 9.06. The molecule has 0 spiro atoms. The van der Waals surface area contributed by atoms with Gasteiger partial charge in [0.25, 0.3) is 0 Å². The molecule has 0 fully saturated rings. The number of thioether (sulfide) groups is 1. The van der Waals surface area contributed by atoms with Crippen LogP contribution in [0.1, 0.15) is 29.5 Å². The second-order valence-corrected chi connectivity index (χ2v) is 10.2. The Balaban J connectivity index is 1.72. The number of fused-ring (bicyclic) bond motifs is 1. The number of nitrogens with two attached hydrogens (primary N) is 1. The van der Waals surface area contributed by atoms with Gasteiger partial charge in [-0.3, -0.25) is 0 Å². The molecule has 168 valence electrons. The molecule has 2 heterocycles. The highest BCUT2D eigenvalue weighted by Crippen LogP contribution is 2.53. The van der Waals surface area contributed by atoms with Gasteiger partial charge in [0, 0.05) is 5.56 Å². The van der Waals surface area contributed by atoms with E-state index in [1.807, 2.05) is 60.5 Å². The number of hydrogen-bond acceptors (Lipinski definition) is 6. The Morgan fingerprint density at radius 3 is 2.61 bits per heavy atom. The van der Waals surface area contributed by atoms with Crippen molar-refractivity contribution >= 4 is 43.5 Å². The van der Waals surface area contributed by atoms with Crippen molar-refractivity contribution in [2.75, 3.05) is 11.6 Å². The van der Waals surface area contributed by atoms with Crippen molar-refractivity contribution < 1.29 is 8.78 Å². The van der Waals surface area contributed by atoms with E-state index in [0.29, 0.717) is 23.1 Å². The zero-order valence-electron chi connectivity index (χ0n) is 18.0. The summed E-state index contributed by atoms with van der Waals surface area (Å²) in [7, 11) is 0. The van der Waals surface area contributed by atoms with Crippen LogP contribution in [0.4, 0.5) is 13.9 Å². The van der Waals surface area contributed by atoms with Crippen molar-refractivity contribution in [1.29, 1.82) is 0 Å². The molecule has 1 atom stereocenters. The first-order valence-electron chi connectivity index (χ1n) is 10.7. The smallest absolute Gasteiger partial charge is 0.208 e. The average molecular weight is 481 g/mol. The monoisotopic (exact) mass is 480 g/mol. The van der Waals surface area contributed by atoms with Gasteiger partial charge in [0.05, 0.1) is 10.2 Å². The number of halogens is 2. The van der Waals surface area contributed by atoms with Crippen LogP contribution in [-0.4, -0.2) is 16.6 Å². The summed E-state index contributed by atoms with van der Waals surface area (Å²) in [6.45, 7) is 2.53. The maximum absolute atomic E-state index is 14.8. The quantitative estimate of drug-likeness (QED) is 0.347.